The van der Waals surface area contributed by atoms with Gasteiger partial charge in [0.1, 0.15) is 11.5 Å². The highest BCUT2D eigenvalue weighted by atomic mass is 16.1. The largest absolute Gasteiger partial charge is 0.386 e. The standard InChI is InChI=1S/C20H19N7O2/c21-18(27-17(29)15-10-24-16(28)11-23-15)20(6-1-7-20)14-4-2-12(3-5-14)13-8-25-19(22)26-9-13/h2-5,8-11H,1,6-7H2,(H,24,28)(H2,21,27,29)(H2,22,25,26). The topological polar surface area (TPSA) is 153 Å². The number of aliphatic imine (C=N–C) groups is 1. The number of H-pyrrole nitrogens is 1. The Bertz CT molecular complexity index is 1110. The number of aromatic amines is 1. The summed E-state index contributed by atoms with van der Waals surface area (Å²) in [5.41, 5.74) is 13.8. The van der Waals surface area contributed by atoms with Crippen molar-refractivity contribution < 1.29 is 4.79 Å². The molecule has 1 aromatic carbocycles. The van der Waals surface area contributed by atoms with Crippen LogP contribution in [0.5, 0.6) is 0 Å². The minimum Gasteiger partial charge on any atom is -0.386 e. The number of rotatable bonds is 4. The Morgan fingerprint density at radius 1 is 1.03 bits per heavy atom. The Labute approximate surface area is 166 Å². The lowest BCUT2D eigenvalue weighted by atomic mass is 9.63. The molecular formula is C20H19N7O2. The lowest BCUT2D eigenvalue weighted by Crippen LogP contribution is -2.47. The van der Waals surface area contributed by atoms with Gasteiger partial charge < -0.3 is 16.5 Å². The van der Waals surface area contributed by atoms with Gasteiger partial charge in [0.15, 0.2) is 0 Å². The molecule has 0 atom stereocenters. The zero-order valence-electron chi connectivity index (χ0n) is 15.5. The molecule has 1 aliphatic rings. The maximum absolute atomic E-state index is 12.4. The van der Waals surface area contributed by atoms with Gasteiger partial charge in [-0.3, -0.25) is 9.59 Å². The molecular weight excluding hydrogens is 370 g/mol. The van der Waals surface area contributed by atoms with Gasteiger partial charge in [-0.1, -0.05) is 30.7 Å². The SMILES string of the molecule is NC(=NC(=O)c1c[nH]c(=O)cn1)C1(c2ccc(-c3cnc(N)nc3)cc2)CCC1. The second-order valence-electron chi connectivity index (χ2n) is 6.94. The molecule has 29 heavy (non-hydrogen) atoms. The molecule has 0 radical (unpaired) electrons. The highest BCUT2D eigenvalue weighted by molar-refractivity contribution is 6.05. The van der Waals surface area contributed by atoms with E-state index >= 15 is 0 Å². The quantitative estimate of drug-likeness (QED) is 0.450. The number of nitrogen functional groups attached to an aromatic ring is 1. The summed E-state index contributed by atoms with van der Waals surface area (Å²) >= 11 is 0. The second kappa shape index (κ2) is 7.27. The van der Waals surface area contributed by atoms with E-state index in [0.29, 0.717) is 0 Å². The fourth-order valence-electron chi connectivity index (χ4n) is 3.42. The van der Waals surface area contributed by atoms with Crippen LogP contribution in [0.2, 0.25) is 0 Å². The molecule has 2 heterocycles. The average Bonchev–Trinajstić information content (AvgIpc) is 2.69. The first kappa shape index (κ1) is 18.5. The Morgan fingerprint density at radius 2 is 1.72 bits per heavy atom. The number of amidine groups is 1. The number of hydrogen-bond acceptors (Lipinski definition) is 6. The van der Waals surface area contributed by atoms with Crippen molar-refractivity contribution >= 4 is 17.7 Å². The van der Waals surface area contributed by atoms with E-state index in [-0.39, 0.29) is 23.0 Å². The van der Waals surface area contributed by atoms with Crippen molar-refractivity contribution in [2.75, 3.05) is 5.73 Å². The first-order valence-corrected chi connectivity index (χ1v) is 9.10. The van der Waals surface area contributed by atoms with Crippen LogP contribution in [-0.2, 0) is 5.41 Å². The van der Waals surface area contributed by atoms with Crippen molar-refractivity contribution in [3.05, 3.63) is 70.7 Å². The van der Waals surface area contributed by atoms with Crippen LogP contribution < -0.4 is 17.0 Å². The molecule has 146 valence electrons. The Morgan fingerprint density at radius 3 is 2.28 bits per heavy atom. The van der Waals surface area contributed by atoms with Crippen molar-refractivity contribution in [1.82, 2.24) is 19.9 Å². The maximum atomic E-state index is 12.4. The number of aromatic nitrogens is 4. The number of carbonyl (C=O) groups excluding carboxylic acids is 1. The molecule has 0 unspecified atom stereocenters. The molecule has 9 heteroatoms. The van der Waals surface area contributed by atoms with Gasteiger partial charge in [0.2, 0.25) is 5.95 Å². The van der Waals surface area contributed by atoms with Crippen molar-refractivity contribution in [2.24, 2.45) is 10.7 Å². The van der Waals surface area contributed by atoms with Gasteiger partial charge in [0.25, 0.3) is 11.5 Å². The van der Waals surface area contributed by atoms with Crippen molar-refractivity contribution in [2.45, 2.75) is 24.7 Å². The first-order chi connectivity index (χ1) is 14.0. The lowest BCUT2D eigenvalue weighted by Gasteiger charge is -2.41. The molecule has 5 N–H and O–H groups in total. The van der Waals surface area contributed by atoms with E-state index in [1.165, 1.54) is 6.20 Å². The summed E-state index contributed by atoms with van der Waals surface area (Å²) < 4.78 is 0. The zero-order valence-corrected chi connectivity index (χ0v) is 15.5. The highest BCUT2D eigenvalue weighted by Crippen LogP contribution is 2.44. The molecule has 3 aromatic rings. The molecule has 0 aliphatic heterocycles. The minimum absolute atomic E-state index is 0.0423. The maximum Gasteiger partial charge on any atom is 0.298 e. The van der Waals surface area contributed by atoms with Gasteiger partial charge in [0, 0.05) is 24.2 Å². The lowest BCUT2D eigenvalue weighted by molar-refractivity contribution is 0.0996. The zero-order chi connectivity index (χ0) is 20.4. The van der Waals surface area contributed by atoms with Crippen LogP contribution in [0.3, 0.4) is 0 Å². The minimum atomic E-state index is -0.583. The Balaban J connectivity index is 1.61. The summed E-state index contributed by atoms with van der Waals surface area (Å²) in [4.78, 5) is 41.8. The van der Waals surface area contributed by atoms with Crippen LogP contribution in [0.15, 0.2) is 58.8 Å². The second-order valence-corrected chi connectivity index (χ2v) is 6.94. The van der Waals surface area contributed by atoms with E-state index in [9.17, 15) is 9.59 Å². The third-order valence-electron chi connectivity index (χ3n) is 5.25. The molecule has 2 aromatic heterocycles. The number of hydrogen-bond donors (Lipinski definition) is 3. The summed E-state index contributed by atoms with van der Waals surface area (Å²) in [5.74, 6) is -0.101. The van der Waals surface area contributed by atoms with E-state index in [4.69, 9.17) is 11.5 Å². The fraction of sp³-hybridized carbons (Fsp3) is 0.200. The predicted octanol–water partition coefficient (Wildman–Crippen LogP) is 1.43. The number of nitrogens with zero attached hydrogens (tertiary/aromatic N) is 4. The molecule has 1 amide bonds. The van der Waals surface area contributed by atoms with Crippen LogP contribution in [-0.4, -0.2) is 31.7 Å². The molecule has 0 spiro atoms. The van der Waals surface area contributed by atoms with Crippen LogP contribution in [0, 0.1) is 0 Å². The molecule has 0 saturated heterocycles. The molecule has 0 bridgehead atoms. The van der Waals surface area contributed by atoms with Crippen molar-refractivity contribution in [3.8, 4) is 11.1 Å². The van der Waals surface area contributed by atoms with Crippen molar-refractivity contribution in [3.63, 3.8) is 0 Å². The third kappa shape index (κ3) is 3.49. The first-order valence-electron chi connectivity index (χ1n) is 9.10. The molecule has 4 rings (SSSR count). The number of nitrogens with two attached hydrogens (primary N) is 2. The summed E-state index contributed by atoms with van der Waals surface area (Å²) in [5, 5.41) is 0. The highest BCUT2D eigenvalue weighted by Gasteiger charge is 2.42. The fourth-order valence-corrected chi connectivity index (χ4v) is 3.42. The van der Waals surface area contributed by atoms with Gasteiger partial charge in [-0.15, -0.1) is 0 Å². The normalized spacial score (nSPS) is 15.5. The van der Waals surface area contributed by atoms with Crippen LogP contribution in [0.1, 0.15) is 35.3 Å². The number of amides is 1. The third-order valence-corrected chi connectivity index (χ3v) is 5.25. The molecule has 1 saturated carbocycles. The van der Waals surface area contributed by atoms with E-state index in [1.807, 2.05) is 24.3 Å². The van der Waals surface area contributed by atoms with Crippen LogP contribution in [0.4, 0.5) is 5.95 Å². The van der Waals surface area contributed by atoms with Crippen LogP contribution >= 0.6 is 0 Å². The van der Waals surface area contributed by atoms with E-state index in [0.717, 1.165) is 42.1 Å². The van der Waals surface area contributed by atoms with E-state index in [1.54, 1.807) is 12.4 Å². The average molecular weight is 389 g/mol. The van der Waals surface area contributed by atoms with Gasteiger partial charge in [0.05, 0.1) is 11.6 Å². The number of anilines is 1. The Hall–Kier alpha value is -3.88. The predicted molar refractivity (Wildman–Crippen MR) is 108 cm³/mol. The number of nitrogens with one attached hydrogen (secondary N) is 1. The van der Waals surface area contributed by atoms with E-state index < -0.39 is 11.3 Å². The Kier molecular flexibility index (Phi) is 4.63. The summed E-state index contributed by atoms with van der Waals surface area (Å²) in [6.07, 6.45) is 8.22. The van der Waals surface area contributed by atoms with Crippen LogP contribution in [0.25, 0.3) is 11.1 Å². The van der Waals surface area contributed by atoms with Crippen molar-refractivity contribution in [1.29, 1.82) is 0 Å². The smallest absolute Gasteiger partial charge is 0.298 e. The van der Waals surface area contributed by atoms with E-state index in [2.05, 4.69) is 24.9 Å². The monoisotopic (exact) mass is 389 g/mol. The summed E-state index contributed by atoms with van der Waals surface area (Å²) in [6, 6.07) is 7.89. The summed E-state index contributed by atoms with van der Waals surface area (Å²) in [6.45, 7) is 0. The molecule has 1 fully saturated rings. The number of carbonyl (C=O) groups is 1. The van der Waals surface area contributed by atoms with Gasteiger partial charge in [-0.05, 0) is 24.0 Å². The molecule has 9 nitrogen and oxygen atoms in total. The van der Waals surface area contributed by atoms with Gasteiger partial charge >= 0.3 is 0 Å². The van der Waals surface area contributed by atoms with Gasteiger partial charge in [-0.25, -0.2) is 15.0 Å². The number of benzene rings is 1. The van der Waals surface area contributed by atoms with Gasteiger partial charge in [-0.2, -0.15) is 4.99 Å². The summed E-state index contributed by atoms with van der Waals surface area (Å²) in [7, 11) is 0. The molecule has 1 aliphatic carbocycles.